The number of aryl methyl sites for hydroxylation is 2. The monoisotopic (exact) mass is 272 g/mol. The van der Waals surface area contributed by atoms with Gasteiger partial charge >= 0.3 is 0 Å². The topological polar surface area (TPSA) is 63.8 Å². The normalized spacial score (nSPS) is 16.4. The van der Waals surface area contributed by atoms with E-state index in [1.165, 1.54) is 12.8 Å². The van der Waals surface area contributed by atoms with Crippen LogP contribution in [0.2, 0.25) is 0 Å². The van der Waals surface area contributed by atoms with Gasteiger partial charge in [-0.15, -0.1) is 0 Å². The standard InChI is InChI=1S/C15H20N4O/c1-11-3-2-8-17-14(11)15-18-13(20-19-15)5-4-12-6-9-16-10-7-12/h2-3,8,12,16H,4-7,9-10H2,1H3. The average molecular weight is 272 g/mol. The van der Waals surface area contributed by atoms with Gasteiger partial charge in [-0.05, 0) is 56.8 Å². The minimum atomic E-state index is 0.600. The van der Waals surface area contributed by atoms with E-state index >= 15 is 0 Å². The lowest BCUT2D eigenvalue weighted by molar-refractivity contribution is 0.324. The van der Waals surface area contributed by atoms with Crippen molar-refractivity contribution in [3.05, 3.63) is 29.8 Å². The first-order valence-electron chi connectivity index (χ1n) is 7.28. The Morgan fingerprint density at radius 2 is 2.20 bits per heavy atom. The number of rotatable bonds is 4. The van der Waals surface area contributed by atoms with E-state index in [9.17, 15) is 0 Å². The highest BCUT2D eigenvalue weighted by Gasteiger charge is 2.16. The van der Waals surface area contributed by atoms with E-state index in [1.807, 2.05) is 19.1 Å². The van der Waals surface area contributed by atoms with Crippen LogP contribution in [0.25, 0.3) is 11.5 Å². The number of piperidine rings is 1. The maximum atomic E-state index is 5.35. The van der Waals surface area contributed by atoms with Crippen LogP contribution in [0.4, 0.5) is 0 Å². The first-order valence-corrected chi connectivity index (χ1v) is 7.28. The van der Waals surface area contributed by atoms with E-state index in [1.54, 1.807) is 6.20 Å². The SMILES string of the molecule is Cc1cccnc1-c1noc(CCC2CCNCC2)n1. The molecule has 1 saturated heterocycles. The third-order valence-corrected chi connectivity index (χ3v) is 3.91. The van der Waals surface area contributed by atoms with Crippen LogP contribution in [0.5, 0.6) is 0 Å². The molecule has 2 aromatic rings. The fourth-order valence-electron chi connectivity index (χ4n) is 2.67. The molecule has 106 valence electrons. The van der Waals surface area contributed by atoms with Crippen molar-refractivity contribution in [2.24, 2.45) is 5.92 Å². The zero-order chi connectivity index (χ0) is 13.8. The van der Waals surface area contributed by atoms with Crippen molar-refractivity contribution >= 4 is 0 Å². The summed E-state index contributed by atoms with van der Waals surface area (Å²) in [7, 11) is 0. The zero-order valence-electron chi connectivity index (χ0n) is 11.8. The van der Waals surface area contributed by atoms with Gasteiger partial charge in [0, 0.05) is 12.6 Å². The molecule has 3 heterocycles. The Morgan fingerprint density at radius 3 is 3.00 bits per heavy atom. The van der Waals surface area contributed by atoms with Crippen molar-refractivity contribution in [3.8, 4) is 11.5 Å². The molecular weight excluding hydrogens is 252 g/mol. The fourth-order valence-corrected chi connectivity index (χ4v) is 2.67. The summed E-state index contributed by atoms with van der Waals surface area (Å²) in [6.45, 7) is 4.27. The Hall–Kier alpha value is -1.75. The van der Waals surface area contributed by atoms with Gasteiger partial charge in [0.15, 0.2) is 0 Å². The lowest BCUT2D eigenvalue weighted by atomic mass is 9.93. The van der Waals surface area contributed by atoms with Gasteiger partial charge in [-0.25, -0.2) is 0 Å². The van der Waals surface area contributed by atoms with Gasteiger partial charge in [0.1, 0.15) is 5.69 Å². The van der Waals surface area contributed by atoms with Crippen LogP contribution in [0.15, 0.2) is 22.9 Å². The summed E-state index contributed by atoms with van der Waals surface area (Å²) in [4.78, 5) is 8.79. The molecule has 0 amide bonds. The highest BCUT2D eigenvalue weighted by molar-refractivity contribution is 5.52. The molecule has 1 aliphatic rings. The highest BCUT2D eigenvalue weighted by atomic mass is 16.5. The number of hydrogen-bond acceptors (Lipinski definition) is 5. The Labute approximate surface area is 118 Å². The molecule has 0 bridgehead atoms. The Bertz CT molecular complexity index is 561. The van der Waals surface area contributed by atoms with Crippen LogP contribution >= 0.6 is 0 Å². The van der Waals surface area contributed by atoms with Crippen LogP contribution < -0.4 is 5.32 Å². The van der Waals surface area contributed by atoms with Crippen molar-refractivity contribution in [3.63, 3.8) is 0 Å². The quantitative estimate of drug-likeness (QED) is 0.925. The summed E-state index contributed by atoms with van der Waals surface area (Å²) in [5.74, 6) is 2.11. The second kappa shape index (κ2) is 6.13. The number of pyridine rings is 1. The zero-order valence-corrected chi connectivity index (χ0v) is 11.8. The lowest BCUT2D eigenvalue weighted by Gasteiger charge is -2.21. The van der Waals surface area contributed by atoms with Crippen LogP contribution in [0.1, 0.15) is 30.7 Å². The number of aromatic nitrogens is 3. The molecule has 1 fully saturated rings. The van der Waals surface area contributed by atoms with Crippen molar-refractivity contribution in [1.29, 1.82) is 0 Å². The molecule has 1 N–H and O–H groups in total. The van der Waals surface area contributed by atoms with Crippen LogP contribution in [0, 0.1) is 12.8 Å². The molecule has 0 unspecified atom stereocenters. The van der Waals surface area contributed by atoms with Crippen LogP contribution in [0.3, 0.4) is 0 Å². The van der Waals surface area contributed by atoms with E-state index in [-0.39, 0.29) is 0 Å². The van der Waals surface area contributed by atoms with Crippen molar-refractivity contribution in [2.75, 3.05) is 13.1 Å². The maximum absolute atomic E-state index is 5.35. The van der Waals surface area contributed by atoms with Gasteiger partial charge in [0.05, 0.1) is 0 Å². The van der Waals surface area contributed by atoms with Gasteiger partial charge in [-0.3, -0.25) is 4.98 Å². The number of nitrogens with zero attached hydrogens (tertiary/aromatic N) is 3. The third-order valence-electron chi connectivity index (χ3n) is 3.91. The van der Waals surface area contributed by atoms with E-state index in [4.69, 9.17) is 4.52 Å². The van der Waals surface area contributed by atoms with Crippen molar-refractivity contribution in [1.82, 2.24) is 20.4 Å². The fraction of sp³-hybridized carbons (Fsp3) is 0.533. The Morgan fingerprint density at radius 1 is 1.35 bits per heavy atom. The summed E-state index contributed by atoms with van der Waals surface area (Å²) < 4.78 is 5.35. The summed E-state index contributed by atoms with van der Waals surface area (Å²) in [6, 6.07) is 3.92. The molecule has 0 atom stereocenters. The van der Waals surface area contributed by atoms with Crippen molar-refractivity contribution in [2.45, 2.75) is 32.6 Å². The second-order valence-electron chi connectivity index (χ2n) is 5.41. The van der Waals surface area contributed by atoms with E-state index in [2.05, 4.69) is 20.4 Å². The summed E-state index contributed by atoms with van der Waals surface area (Å²) in [5, 5.41) is 7.44. The molecule has 0 radical (unpaired) electrons. The smallest absolute Gasteiger partial charge is 0.227 e. The third kappa shape index (κ3) is 3.04. The molecule has 5 nitrogen and oxygen atoms in total. The van der Waals surface area contributed by atoms with Gasteiger partial charge in [-0.1, -0.05) is 11.2 Å². The van der Waals surface area contributed by atoms with Gasteiger partial charge < -0.3 is 9.84 Å². The second-order valence-corrected chi connectivity index (χ2v) is 5.41. The average Bonchev–Trinajstić information content (AvgIpc) is 2.95. The first kappa shape index (κ1) is 13.2. The minimum Gasteiger partial charge on any atom is -0.339 e. The molecule has 1 aliphatic heterocycles. The molecule has 0 aliphatic carbocycles. The van der Waals surface area contributed by atoms with Crippen LogP contribution in [-0.4, -0.2) is 28.2 Å². The van der Waals surface area contributed by atoms with Crippen LogP contribution in [-0.2, 0) is 6.42 Å². The molecule has 0 spiro atoms. The highest BCUT2D eigenvalue weighted by Crippen LogP contribution is 2.20. The number of hydrogen-bond donors (Lipinski definition) is 1. The molecule has 2 aromatic heterocycles. The van der Waals surface area contributed by atoms with Gasteiger partial charge in [0.2, 0.25) is 11.7 Å². The summed E-state index contributed by atoms with van der Waals surface area (Å²) >= 11 is 0. The molecule has 0 aromatic carbocycles. The maximum Gasteiger partial charge on any atom is 0.227 e. The Kier molecular flexibility index (Phi) is 4.06. The molecule has 3 rings (SSSR count). The Balaban J connectivity index is 1.63. The largest absolute Gasteiger partial charge is 0.339 e. The molecule has 20 heavy (non-hydrogen) atoms. The first-order chi connectivity index (χ1) is 9.83. The predicted octanol–water partition coefficient (Wildman–Crippen LogP) is 2.37. The van der Waals surface area contributed by atoms with E-state index in [0.717, 1.165) is 49.0 Å². The minimum absolute atomic E-state index is 0.600. The van der Waals surface area contributed by atoms with E-state index in [0.29, 0.717) is 5.82 Å². The molecule has 5 heteroatoms. The summed E-state index contributed by atoms with van der Waals surface area (Å²) in [6.07, 6.45) is 6.25. The van der Waals surface area contributed by atoms with Crippen molar-refractivity contribution < 1.29 is 4.52 Å². The van der Waals surface area contributed by atoms with E-state index < -0.39 is 0 Å². The van der Waals surface area contributed by atoms with Gasteiger partial charge in [0.25, 0.3) is 0 Å². The lowest BCUT2D eigenvalue weighted by Crippen LogP contribution is -2.27. The predicted molar refractivity (Wildman–Crippen MR) is 76.2 cm³/mol. The van der Waals surface area contributed by atoms with Gasteiger partial charge in [-0.2, -0.15) is 4.98 Å². The summed E-state index contributed by atoms with van der Waals surface area (Å²) in [5.41, 5.74) is 1.88. The number of nitrogens with one attached hydrogen (secondary N) is 1. The molecular formula is C15H20N4O. The molecule has 0 saturated carbocycles.